The van der Waals surface area contributed by atoms with Gasteiger partial charge in [0.2, 0.25) is 5.91 Å². The van der Waals surface area contributed by atoms with E-state index in [9.17, 15) is 9.18 Å². The van der Waals surface area contributed by atoms with Crippen molar-refractivity contribution in [2.45, 2.75) is 19.0 Å². The maximum absolute atomic E-state index is 12.9. The third-order valence-corrected chi connectivity index (χ3v) is 3.88. The summed E-state index contributed by atoms with van der Waals surface area (Å²) in [5.74, 6) is -0.254. The van der Waals surface area contributed by atoms with Crippen LogP contribution in [0.4, 0.5) is 4.39 Å². The number of rotatable bonds is 4. The lowest BCUT2D eigenvalue weighted by atomic mass is 10.1. The van der Waals surface area contributed by atoms with Gasteiger partial charge in [-0.05, 0) is 24.1 Å². The molecule has 1 aromatic heterocycles. The quantitative estimate of drug-likeness (QED) is 0.929. The molecule has 2 aromatic rings. The molecule has 1 amide bonds. The molecule has 1 N–H and O–H groups in total. The Morgan fingerprint density at radius 2 is 2.18 bits per heavy atom. The lowest BCUT2D eigenvalue weighted by Gasteiger charge is -2.21. The van der Waals surface area contributed by atoms with Crippen LogP contribution in [-0.4, -0.2) is 34.4 Å². The first-order valence-electron chi connectivity index (χ1n) is 7.17. The lowest BCUT2D eigenvalue weighted by molar-refractivity contribution is -0.132. The van der Waals surface area contributed by atoms with Crippen LogP contribution in [0.15, 0.2) is 36.8 Å². The molecule has 22 heavy (non-hydrogen) atoms. The molecule has 5 nitrogen and oxygen atoms in total. The van der Waals surface area contributed by atoms with Gasteiger partial charge in [0.1, 0.15) is 18.2 Å². The largest absolute Gasteiger partial charge is 0.344 e. The molecule has 0 bridgehead atoms. The van der Waals surface area contributed by atoms with E-state index in [1.807, 2.05) is 0 Å². The topological polar surface area (TPSA) is 58.1 Å². The van der Waals surface area contributed by atoms with Gasteiger partial charge in [0.25, 0.3) is 0 Å². The number of hydrogen-bond donors (Lipinski definition) is 1. The van der Waals surface area contributed by atoms with Crippen molar-refractivity contribution in [1.82, 2.24) is 20.2 Å². The first-order chi connectivity index (χ1) is 10.6. The van der Waals surface area contributed by atoms with Crippen LogP contribution in [0.3, 0.4) is 0 Å². The highest BCUT2D eigenvalue weighted by atomic mass is 19.1. The van der Waals surface area contributed by atoms with E-state index >= 15 is 0 Å². The van der Waals surface area contributed by atoms with Crippen molar-refractivity contribution in [3.8, 4) is 0 Å². The number of carbonyl (C=O) groups is 1. The van der Waals surface area contributed by atoms with Gasteiger partial charge in [0.05, 0.1) is 5.69 Å². The molecule has 1 unspecified atom stereocenters. The Hall–Kier alpha value is -2.34. The fraction of sp³-hybridized carbons (Fsp3) is 0.312. The van der Waals surface area contributed by atoms with Crippen molar-refractivity contribution in [1.29, 1.82) is 0 Å². The number of fused-ring (bicyclic) bond motifs is 1. The number of carbonyl (C=O) groups excluding carboxylic acids is 1. The van der Waals surface area contributed by atoms with Gasteiger partial charge in [-0.1, -0.05) is 12.1 Å². The van der Waals surface area contributed by atoms with Gasteiger partial charge in [-0.3, -0.25) is 10.1 Å². The molecule has 0 saturated carbocycles. The fourth-order valence-corrected chi connectivity index (χ4v) is 2.56. The van der Waals surface area contributed by atoms with E-state index in [0.29, 0.717) is 19.5 Å². The van der Waals surface area contributed by atoms with Crippen LogP contribution in [-0.2, 0) is 17.8 Å². The van der Waals surface area contributed by atoms with Crippen molar-refractivity contribution < 1.29 is 9.18 Å². The second-order valence-corrected chi connectivity index (χ2v) is 5.37. The lowest BCUT2D eigenvalue weighted by Crippen LogP contribution is -2.37. The second-order valence-electron chi connectivity index (χ2n) is 5.37. The molecule has 0 fully saturated rings. The molecule has 1 aliphatic rings. The summed E-state index contributed by atoms with van der Waals surface area (Å²) < 4.78 is 12.9. The molecule has 0 spiro atoms. The van der Waals surface area contributed by atoms with Crippen LogP contribution < -0.4 is 5.32 Å². The maximum Gasteiger partial charge on any atom is 0.244 e. The van der Waals surface area contributed by atoms with E-state index < -0.39 is 0 Å². The normalized spacial score (nSPS) is 16.4. The Morgan fingerprint density at radius 1 is 1.41 bits per heavy atom. The Kier molecular flexibility index (Phi) is 4.11. The number of likely N-dealkylation sites (N-methyl/N-ethyl adjacent to an activating group) is 1. The summed E-state index contributed by atoms with van der Waals surface area (Å²) in [6.07, 6.45) is 3.87. The molecule has 6 heteroatoms. The zero-order valence-electron chi connectivity index (χ0n) is 12.3. The molecular formula is C16H17FN4O. The molecule has 0 aliphatic carbocycles. The van der Waals surface area contributed by atoms with Crippen LogP contribution in [0.2, 0.25) is 0 Å². The summed E-state index contributed by atoms with van der Waals surface area (Å²) in [6.45, 7) is 1.16. The smallest absolute Gasteiger partial charge is 0.244 e. The SMILES string of the molecule is CN(CCc1ccc(F)cc1)C(=O)C1NCc2ncncc21. The molecule has 114 valence electrons. The predicted molar refractivity (Wildman–Crippen MR) is 79.4 cm³/mol. The minimum absolute atomic E-state index is 0.00402. The fourth-order valence-electron chi connectivity index (χ4n) is 2.56. The monoisotopic (exact) mass is 300 g/mol. The van der Waals surface area contributed by atoms with Crippen LogP contribution in [0, 0.1) is 5.82 Å². The highest BCUT2D eigenvalue weighted by Crippen LogP contribution is 2.23. The van der Waals surface area contributed by atoms with E-state index in [4.69, 9.17) is 0 Å². The Bertz CT molecular complexity index is 674. The average Bonchev–Trinajstić information content (AvgIpc) is 2.97. The highest BCUT2D eigenvalue weighted by molar-refractivity contribution is 5.84. The second kappa shape index (κ2) is 6.19. The third-order valence-electron chi connectivity index (χ3n) is 3.88. The zero-order valence-corrected chi connectivity index (χ0v) is 12.3. The number of benzene rings is 1. The van der Waals surface area contributed by atoms with E-state index in [1.54, 1.807) is 30.3 Å². The van der Waals surface area contributed by atoms with E-state index in [0.717, 1.165) is 16.8 Å². The summed E-state index contributed by atoms with van der Waals surface area (Å²) in [4.78, 5) is 22.4. The summed E-state index contributed by atoms with van der Waals surface area (Å²) >= 11 is 0. The van der Waals surface area contributed by atoms with Crippen molar-refractivity contribution in [2.75, 3.05) is 13.6 Å². The van der Waals surface area contributed by atoms with Crippen molar-refractivity contribution in [2.24, 2.45) is 0 Å². The molecule has 0 radical (unpaired) electrons. The van der Waals surface area contributed by atoms with Crippen molar-refractivity contribution in [3.63, 3.8) is 0 Å². The van der Waals surface area contributed by atoms with Gasteiger partial charge in [-0.15, -0.1) is 0 Å². The first kappa shape index (κ1) is 14.6. The standard InChI is InChI=1S/C16H17FN4O/c1-21(7-6-11-2-4-12(17)5-3-11)16(22)15-13-8-18-10-20-14(13)9-19-15/h2-5,8,10,15,19H,6-7,9H2,1H3. The number of nitrogens with zero attached hydrogens (tertiary/aromatic N) is 3. The van der Waals surface area contributed by atoms with Gasteiger partial charge in [-0.2, -0.15) is 0 Å². The average molecular weight is 300 g/mol. The van der Waals surface area contributed by atoms with Gasteiger partial charge in [0.15, 0.2) is 0 Å². The molecule has 1 aromatic carbocycles. The summed E-state index contributed by atoms with van der Waals surface area (Å²) in [7, 11) is 1.77. The third kappa shape index (κ3) is 2.96. The summed E-state index contributed by atoms with van der Waals surface area (Å²) in [5.41, 5.74) is 2.73. The Morgan fingerprint density at radius 3 is 2.95 bits per heavy atom. The number of halogens is 1. The van der Waals surface area contributed by atoms with E-state index in [1.165, 1.54) is 18.5 Å². The molecular weight excluding hydrogens is 283 g/mol. The number of hydrogen-bond acceptors (Lipinski definition) is 4. The van der Waals surface area contributed by atoms with Gasteiger partial charge in [-0.25, -0.2) is 14.4 Å². The summed E-state index contributed by atoms with van der Waals surface area (Å²) in [5, 5.41) is 3.17. The maximum atomic E-state index is 12.9. The molecule has 0 saturated heterocycles. The Balaban J connectivity index is 1.62. The van der Waals surface area contributed by atoms with Crippen LogP contribution in [0.5, 0.6) is 0 Å². The zero-order chi connectivity index (χ0) is 15.5. The molecule has 1 atom stereocenters. The van der Waals surface area contributed by atoms with Gasteiger partial charge in [0, 0.05) is 31.9 Å². The van der Waals surface area contributed by atoms with Crippen LogP contribution >= 0.6 is 0 Å². The van der Waals surface area contributed by atoms with Crippen LogP contribution in [0.25, 0.3) is 0 Å². The Labute approximate surface area is 128 Å². The van der Waals surface area contributed by atoms with Crippen molar-refractivity contribution in [3.05, 3.63) is 59.4 Å². The minimum Gasteiger partial charge on any atom is -0.344 e. The highest BCUT2D eigenvalue weighted by Gasteiger charge is 2.31. The van der Waals surface area contributed by atoms with Crippen LogP contribution in [0.1, 0.15) is 22.9 Å². The minimum atomic E-state index is -0.380. The summed E-state index contributed by atoms with van der Waals surface area (Å²) in [6, 6.07) is 5.97. The van der Waals surface area contributed by atoms with E-state index in [-0.39, 0.29) is 17.8 Å². The predicted octanol–water partition coefficient (Wildman–Crippen LogP) is 1.46. The van der Waals surface area contributed by atoms with E-state index in [2.05, 4.69) is 15.3 Å². The van der Waals surface area contributed by atoms with Gasteiger partial charge >= 0.3 is 0 Å². The van der Waals surface area contributed by atoms with Gasteiger partial charge < -0.3 is 4.90 Å². The number of aromatic nitrogens is 2. The first-order valence-corrected chi connectivity index (χ1v) is 7.17. The number of amides is 1. The molecule has 3 rings (SSSR count). The van der Waals surface area contributed by atoms with Crippen molar-refractivity contribution >= 4 is 5.91 Å². The number of nitrogens with one attached hydrogen (secondary N) is 1. The molecule has 2 heterocycles. The molecule has 1 aliphatic heterocycles.